The minimum absolute atomic E-state index is 0.648. The van der Waals surface area contributed by atoms with Crippen molar-refractivity contribution in [3.05, 3.63) is 23.0 Å². The summed E-state index contributed by atoms with van der Waals surface area (Å²) in [6, 6.07) is 0. The fraction of sp³-hybridized carbons (Fsp3) is 0.400. The molecule has 0 amide bonds. The van der Waals surface area contributed by atoms with Crippen molar-refractivity contribution in [1.82, 2.24) is 14.8 Å². The zero-order valence-corrected chi connectivity index (χ0v) is 10.3. The maximum Gasteiger partial charge on any atom is 0.127 e. The zero-order valence-electron chi connectivity index (χ0n) is 8.70. The highest BCUT2D eigenvalue weighted by Gasteiger charge is 2.09. The van der Waals surface area contributed by atoms with Crippen LogP contribution in [-0.4, -0.2) is 20.6 Å². The number of halogens is 1. The predicted molar refractivity (Wildman–Crippen MR) is 63.5 cm³/mol. The highest BCUT2D eigenvalue weighted by molar-refractivity contribution is 7.15. The number of rotatable bonds is 3. The van der Waals surface area contributed by atoms with Crippen molar-refractivity contribution in [2.24, 2.45) is 7.05 Å². The van der Waals surface area contributed by atoms with Crippen molar-refractivity contribution in [1.29, 1.82) is 0 Å². The Morgan fingerprint density at radius 1 is 1.53 bits per heavy atom. The van der Waals surface area contributed by atoms with Crippen molar-refractivity contribution < 1.29 is 0 Å². The van der Waals surface area contributed by atoms with Gasteiger partial charge in [0.1, 0.15) is 5.01 Å². The van der Waals surface area contributed by atoms with Crippen molar-refractivity contribution in [3.63, 3.8) is 0 Å². The summed E-state index contributed by atoms with van der Waals surface area (Å²) in [4.78, 5) is 5.79. The smallest absolute Gasteiger partial charge is 0.127 e. The molecule has 0 aromatic carbocycles. The van der Waals surface area contributed by atoms with Crippen LogP contribution in [0.4, 0.5) is 0 Å². The second-order valence-electron chi connectivity index (χ2n) is 3.37. The first-order chi connectivity index (χ1) is 7.20. The van der Waals surface area contributed by atoms with Crippen LogP contribution in [0, 0.1) is 6.92 Å². The van der Waals surface area contributed by atoms with Crippen molar-refractivity contribution >= 4 is 22.9 Å². The molecule has 0 bridgehead atoms. The van der Waals surface area contributed by atoms with E-state index in [4.69, 9.17) is 11.6 Å². The molecule has 0 spiro atoms. The fourth-order valence-electron chi connectivity index (χ4n) is 1.40. The number of thiazole rings is 1. The number of hydrogen-bond donors (Lipinski definition) is 0. The zero-order chi connectivity index (χ0) is 10.8. The highest BCUT2D eigenvalue weighted by atomic mass is 35.5. The molecular weight excluding hydrogens is 230 g/mol. The second kappa shape index (κ2) is 4.33. The summed E-state index contributed by atoms with van der Waals surface area (Å²) in [5.74, 6) is 0.648. The molecule has 0 fully saturated rings. The van der Waals surface area contributed by atoms with E-state index in [1.54, 1.807) is 16.0 Å². The van der Waals surface area contributed by atoms with Gasteiger partial charge in [-0.25, -0.2) is 4.98 Å². The van der Waals surface area contributed by atoms with Crippen molar-refractivity contribution in [3.8, 4) is 10.6 Å². The first kappa shape index (κ1) is 10.6. The third-order valence-electron chi connectivity index (χ3n) is 2.17. The summed E-state index contributed by atoms with van der Waals surface area (Å²) in [6.45, 7) is 2.03. The van der Waals surface area contributed by atoms with E-state index in [2.05, 4.69) is 10.1 Å². The molecule has 2 rings (SSSR count). The molecule has 2 heterocycles. The van der Waals surface area contributed by atoms with Crippen molar-refractivity contribution in [2.45, 2.75) is 13.3 Å². The minimum atomic E-state index is 0.648. The Labute approximate surface area is 97.7 Å². The molecule has 0 aliphatic carbocycles. The summed E-state index contributed by atoms with van der Waals surface area (Å²) < 4.78 is 1.79. The van der Waals surface area contributed by atoms with Crippen LogP contribution in [0.15, 0.2) is 12.4 Å². The largest absolute Gasteiger partial charge is 0.275 e. The molecule has 5 heteroatoms. The van der Waals surface area contributed by atoms with Crippen LogP contribution < -0.4 is 0 Å². The van der Waals surface area contributed by atoms with Crippen LogP contribution in [0.5, 0.6) is 0 Å². The highest BCUT2D eigenvalue weighted by Crippen LogP contribution is 2.27. The van der Waals surface area contributed by atoms with Crippen LogP contribution in [0.2, 0.25) is 0 Å². The van der Waals surface area contributed by atoms with Gasteiger partial charge in [0.2, 0.25) is 0 Å². The topological polar surface area (TPSA) is 30.7 Å². The lowest BCUT2D eigenvalue weighted by Gasteiger charge is -1.89. The Hall–Kier alpha value is -0.870. The first-order valence-corrected chi connectivity index (χ1v) is 6.07. The maximum atomic E-state index is 5.73. The summed E-state index contributed by atoms with van der Waals surface area (Å²) >= 11 is 7.43. The van der Waals surface area contributed by atoms with Gasteiger partial charge in [-0.1, -0.05) is 0 Å². The average Bonchev–Trinajstić information content (AvgIpc) is 2.75. The van der Waals surface area contributed by atoms with Gasteiger partial charge in [-0.2, -0.15) is 5.10 Å². The van der Waals surface area contributed by atoms with Crippen LogP contribution >= 0.6 is 22.9 Å². The van der Waals surface area contributed by atoms with Gasteiger partial charge in [0.05, 0.1) is 11.9 Å². The van der Waals surface area contributed by atoms with Gasteiger partial charge in [0, 0.05) is 29.6 Å². The van der Waals surface area contributed by atoms with E-state index in [-0.39, 0.29) is 0 Å². The standard InChI is InChI=1S/C10H12ClN3S/c1-7-9(3-4-11)15-10(13-7)8-5-12-14(2)6-8/h5-6H,3-4H2,1-2H3. The summed E-state index contributed by atoms with van der Waals surface area (Å²) in [6.07, 6.45) is 4.71. The quantitative estimate of drug-likeness (QED) is 0.774. The molecule has 2 aromatic heterocycles. The van der Waals surface area contributed by atoms with Gasteiger partial charge < -0.3 is 0 Å². The number of hydrogen-bond acceptors (Lipinski definition) is 3. The molecule has 0 aliphatic rings. The second-order valence-corrected chi connectivity index (χ2v) is 4.83. The molecule has 80 valence electrons. The predicted octanol–water partition coefficient (Wildman–Crippen LogP) is 2.63. The Balaban J connectivity index is 2.33. The minimum Gasteiger partial charge on any atom is -0.275 e. The van der Waals surface area contributed by atoms with E-state index < -0.39 is 0 Å². The lowest BCUT2D eigenvalue weighted by molar-refractivity contribution is 0.768. The molecule has 0 aliphatic heterocycles. The number of aryl methyl sites for hydroxylation is 3. The number of nitrogens with zero attached hydrogens (tertiary/aromatic N) is 3. The lowest BCUT2D eigenvalue weighted by Crippen LogP contribution is -1.84. The summed E-state index contributed by atoms with van der Waals surface area (Å²) in [5, 5.41) is 5.16. The molecule has 0 atom stereocenters. The van der Waals surface area contributed by atoms with E-state index in [0.29, 0.717) is 5.88 Å². The molecule has 0 unspecified atom stereocenters. The molecule has 0 N–H and O–H groups in total. The molecule has 2 aromatic rings. The molecule has 15 heavy (non-hydrogen) atoms. The van der Waals surface area contributed by atoms with Gasteiger partial charge >= 0.3 is 0 Å². The third-order valence-corrected chi connectivity index (χ3v) is 3.62. The van der Waals surface area contributed by atoms with Crippen LogP contribution in [0.25, 0.3) is 10.6 Å². The van der Waals surface area contributed by atoms with E-state index in [0.717, 1.165) is 22.7 Å². The summed E-state index contributed by atoms with van der Waals surface area (Å²) in [5.41, 5.74) is 2.16. The normalized spacial score (nSPS) is 10.9. The Kier molecular flexibility index (Phi) is 3.07. The fourth-order valence-corrected chi connectivity index (χ4v) is 2.74. The monoisotopic (exact) mass is 241 g/mol. The van der Waals surface area contributed by atoms with Crippen LogP contribution in [0.1, 0.15) is 10.6 Å². The van der Waals surface area contributed by atoms with Gasteiger partial charge in [-0.15, -0.1) is 22.9 Å². The van der Waals surface area contributed by atoms with Gasteiger partial charge in [-0.3, -0.25) is 4.68 Å². The lowest BCUT2D eigenvalue weighted by atomic mass is 10.3. The molecule has 0 saturated heterocycles. The Bertz CT molecular complexity index is 461. The Morgan fingerprint density at radius 3 is 2.93 bits per heavy atom. The van der Waals surface area contributed by atoms with Gasteiger partial charge in [0.15, 0.2) is 0 Å². The number of aromatic nitrogens is 3. The van der Waals surface area contributed by atoms with Crippen LogP contribution in [-0.2, 0) is 13.5 Å². The van der Waals surface area contributed by atoms with Gasteiger partial charge in [0.25, 0.3) is 0 Å². The summed E-state index contributed by atoms with van der Waals surface area (Å²) in [7, 11) is 1.91. The molecule has 0 radical (unpaired) electrons. The molecule has 3 nitrogen and oxygen atoms in total. The molecule has 0 saturated carbocycles. The maximum absolute atomic E-state index is 5.73. The van der Waals surface area contributed by atoms with E-state index in [9.17, 15) is 0 Å². The SMILES string of the molecule is Cc1nc(-c2cnn(C)c2)sc1CCCl. The molecular formula is C10H12ClN3S. The average molecular weight is 242 g/mol. The van der Waals surface area contributed by atoms with Crippen LogP contribution in [0.3, 0.4) is 0 Å². The number of alkyl halides is 1. The van der Waals surface area contributed by atoms with E-state index in [1.165, 1.54) is 4.88 Å². The van der Waals surface area contributed by atoms with Gasteiger partial charge in [-0.05, 0) is 13.3 Å². The van der Waals surface area contributed by atoms with Crippen molar-refractivity contribution in [2.75, 3.05) is 5.88 Å². The van der Waals surface area contributed by atoms with E-state index >= 15 is 0 Å². The third kappa shape index (κ3) is 2.21. The Morgan fingerprint density at radius 2 is 2.33 bits per heavy atom. The first-order valence-electron chi connectivity index (χ1n) is 4.72. The van der Waals surface area contributed by atoms with E-state index in [1.807, 2.05) is 26.4 Å².